The molecule has 2 bridgehead atoms. The summed E-state index contributed by atoms with van der Waals surface area (Å²) in [5, 5.41) is 12.0. The maximum atomic E-state index is 14.2. The zero-order valence-electron chi connectivity index (χ0n) is 18.0. The Morgan fingerprint density at radius 2 is 1.97 bits per heavy atom. The van der Waals surface area contributed by atoms with Crippen LogP contribution in [-0.2, 0) is 10.3 Å². The Morgan fingerprint density at radius 3 is 2.80 bits per heavy atom. The van der Waals surface area contributed by atoms with E-state index < -0.39 is 5.54 Å². The van der Waals surface area contributed by atoms with Gasteiger partial charge in [0.25, 0.3) is 5.91 Å². The minimum absolute atomic E-state index is 0.282. The maximum Gasteiger partial charge on any atom is 0.251 e. The second-order valence-electron chi connectivity index (χ2n) is 10.4. The highest BCUT2D eigenvalue weighted by Crippen LogP contribution is 2.46. The van der Waals surface area contributed by atoms with Crippen molar-refractivity contribution in [2.75, 3.05) is 19.6 Å². The van der Waals surface area contributed by atoms with Crippen molar-refractivity contribution in [3.8, 4) is 0 Å². The molecule has 1 aromatic rings. The SMILES string of the molecule is O=C(N1CCCC2=C[C@H]3C[C@@H](CN4CCCC[C@H]34)[C@H]21)C1(n2cnnn2)CCCCC1. The van der Waals surface area contributed by atoms with Crippen molar-refractivity contribution in [2.45, 2.75) is 88.3 Å². The van der Waals surface area contributed by atoms with Crippen LogP contribution in [0, 0.1) is 11.8 Å². The molecule has 4 fully saturated rings. The molecule has 162 valence electrons. The minimum atomic E-state index is -0.580. The van der Waals surface area contributed by atoms with Gasteiger partial charge in [0.05, 0.1) is 6.04 Å². The Bertz CT molecular complexity index is 814. The summed E-state index contributed by atoms with van der Waals surface area (Å²) in [6, 6.07) is 1.04. The molecule has 4 heterocycles. The fraction of sp³-hybridized carbons (Fsp3) is 0.826. The summed E-state index contributed by atoms with van der Waals surface area (Å²) in [6.07, 6.45) is 17.0. The van der Waals surface area contributed by atoms with Gasteiger partial charge in [0.2, 0.25) is 0 Å². The van der Waals surface area contributed by atoms with Gasteiger partial charge in [-0.15, -0.1) is 5.10 Å². The molecule has 0 aromatic carbocycles. The van der Waals surface area contributed by atoms with E-state index >= 15 is 0 Å². The highest BCUT2D eigenvalue weighted by molar-refractivity contribution is 5.85. The topological polar surface area (TPSA) is 67.2 Å². The third-order valence-corrected chi connectivity index (χ3v) is 8.78. The fourth-order valence-electron chi connectivity index (χ4n) is 7.50. The Balaban J connectivity index is 1.34. The number of hydrogen-bond donors (Lipinski definition) is 0. The predicted octanol–water partition coefficient (Wildman–Crippen LogP) is 2.75. The van der Waals surface area contributed by atoms with Gasteiger partial charge in [-0.25, -0.2) is 4.68 Å². The van der Waals surface area contributed by atoms with Crippen LogP contribution in [0.1, 0.15) is 70.6 Å². The largest absolute Gasteiger partial charge is 0.334 e. The molecule has 5 aliphatic rings. The van der Waals surface area contributed by atoms with Crippen molar-refractivity contribution in [1.29, 1.82) is 0 Å². The molecule has 6 rings (SSSR count). The zero-order chi connectivity index (χ0) is 20.1. The second-order valence-corrected chi connectivity index (χ2v) is 10.4. The molecule has 1 amide bonds. The van der Waals surface area contributed by atoms with Gasteiger partial charge in [-0.05, 0) is 73.8 Å². The molecule has 0 unspecified atom stereocenters. The van der Waals surface area contributed by atoms with E-state index in [-0.39, 0.29) is 5.91 Å². The van der Waals surface area contributed by atoms with Gasteiger partial charge in [-0.2, -0.15) is 0 Å². The number of amides is 1. The van der Waals surface area contributed by atoms with Crippen LogP contribution in [0.2, 0.25) is 0 Å². The van der Waals surface area contributed by atoms with Gasteiger partial charge >= 0.3 is 0 Å². The molecule has 3 aliphatic heterocycles. The minimum Gasteiger partial charge on any atom is -0.334 e. The first-order valence-electron chi connectivity index (χ1n) is 12.3. The van der Waals surface area contributed by atoms with Gasteiger partial charge < -0.3 is 4.90 Å². The number of carbonyl (C=O) groups excluding carboxylic acids is 1. The Labute approximate surface area is 178 Å². The van der Waals surface area contributed by atoms with E-state index in [4.69, 9.17) is 0 Å². The van der Waals surface area contributed by atoms with Crippen LogP contribution < -0.4 is 0 Å². The second kappa shape index (κ2) is 7.43. The number of rotatable bonds is 2. The highest BCUT2D eigenvalue weighted by Gasteiger charge is 2.51. The van der Waals surface area contributed by atoms with E-state index in [2.05, 4.69) is 31.4 Å². The van der Waals surface area contributed by atoms with Crippen molar-refractivity contribution in [3.05, 3.63) is 18.0 Å². The number of carbonyl (C=O) groups is 1. The van der Waals surface area contributed by atoms with Crippen molar-refractivity contribution in [2.24, 2.45) is 11.8 Å². The monoisotopic (exact) mass is 410 g/mol. The number of aromatic nitrogens is 4. The smallest absolute Gasteiger partial charge is 0.251 e. The summed E-state index contributed by atoms with van der Waals surface area (Å²) in [5.41, 5.74) is 0.979. The normalized spacial score (nSPS) is 35.9. The van der Waals surface area contributed by atoms with Crippen molar-refractivity contribution >= 4 is 5.91 Å². The van der Waals surface area contributed by atoms with Crippen LogP contribution in [-0.4, -0.2) is 67.6 Å². The quantitative estimate of drug-likeness (QED) is 0.702. The van der Waals surface area contributed by atoms with E-state index in [1.54, 1.807) is 16.6 Å². The molecule has 30 heavy (non-hydrogen) atoms. The fourth-order valence-corrected chi connectivity index (χ4v) is 7.50. The van der Waals surface area contributed by atoms with E-state index in [0.717, 1.165) is 44.7 Å². The Kier molecular flexibility index (Phi) is 4.70. The van der Waals surface area contributed by atoms with Crippen molar-refractivity contribution in [3.63, 3.8) is 0 Å². The summed E-state index contributed by atoms with van der Waals surface area (Å²) in [4.78, 5) is 19.3. The molecule has 0 spiro atoms. The molecule has 1 saturated carbocycles. The van der Waals surface area contributed by atoms with Gasteiger partial charge in [0, 0.05) is 19.1 Å². The molecule has 1 aromatic heterocycles. The zero-order valence-corrected chi connectivity index (χ0v) is 18.0. The van der Waals surface area contributed by atoms with Crippen molar-refractivity contribution < 1.29 is 4.79 Å². The number of hydrogen-bond acceptors (Lipinski definition) is 5. The Morgan fingerprint density at radius 1 is 1.07 bits per heavy atom. The lowest BCUT2D eigenvalue weighted by atomic mass is 9.67. The lowest BCUT2D eigenvalue weighted by molar-refractivity contribution is -0.149. The number of fused-ring (bicyclic) bond motifs is 6. The molecule has 7 heteroatoms. The van der Waals surface area contributed by atoms with Crippen LogP contribution in [0.15, 0.2) is 18.0 Å². The third kappa shape index (κ3) is 2.88. The average Bonchev–Trinajstić information content (AvgIpc) is 3.34. The average molecular weight is 411 g/mol. The van der Waals surface area contributed by atoms with Crippen LogP contribution in [0.25, 0.3) is 0 Å². The molecule has 3 saturated heterocycles. The molecule has 0 radical (unpaired) electrons. The lowest BCUT2D eigenvalue weighted by Gasteiger charge is -2.55. The molecule has 0 N–H and O–H groups in total. The molecular weight excluding hydrogens is 376 g/mol. The van der Waals surface area contributed by atoms with E-state index in [1.807, 2.05) is 0 Å². The van der Waals surface area contributed by atoms with E-state index in [9.17, 15) is 4.79 Å². The first-order valence-corrected chi connectivity index (χ1v) is 12.3. The summed E-state index contributed by atoms with van der Waals surface area (Å²) in [5.74, 6) is 1.57. The maximum absolute atomic E-state index is 14.2. The molecule has 2 aliphatic carbocycles. The van der Waals surface area contributed by atoms with Gasteiger partial charge in [0.1, 0.15) is 11.9 Å². The first-order chi connectivity index (χ1) is 14.8. The van der Waals surface area contributed by atoms with Gasteiger partial charge in [0.15, 0.2) is 0 Å². The number of likely N-dealkylation sites (tertiary alicyclic amines) is 1. The predicted molar refractivity (Wildman–Crippen MR) is 113 cm³/mol. The number of piperidine rings is 3. The van der Waals surface area contributed by atoms with E-state index in [1.165, 1.54) is 51.6 Å². The van der Waals surface area contributed by atoms with Crippen molar-refractivity contribution in [1.82, 2.24) is 30.0 Å². The highest BCUT2D eigenvalue weighted by atomic mass is 16.2. The summed E-state index contributed by atoms with van der Waals surface area (Å²) >= 11 is 0. The van der Waals surface area contributed by atoms with E-state index in [0.29, 0.717) is 17.9 Å². The number of nitrogens with zero attached hydrogens (tertiary/aromatic N) is 6. The molecule has 4 atom stereocenters. The lowest BCUT2D eigenvalue weighted by Crippen LogP contribution is -2.63. The Hall–Kier alpha value is -1.76. The van der Waals surface area contributed by atoms with Crippen LogP contribution in [0.3, 0.4) is 0 Å². The van der Waals surface area contributed by atoms with Gasteiger partial charge in [-0.1, -0.05) is 37.3 Å². The summed E-state index contributed by atoms with van der Waals surface area (Å²) in [6.45, 7) is 3.30. The van der Waals surface area contributed by atoms with Crippen LogP contribution >= 0.6 is 0 Å². The van der Waals surface area contributed by atoms with Crippen LogP contribution in [0.5, 0.6) is 0 Å². The third-order valence-electron chi connectivity index (χ3n) is 8.78. The number of tetrazole rings is 1. The molecule has 7 nitrogen and oxygen atoms in total. The van der Waals surface area contributed by atoms with Gasteiger partial charge in [-0.3, -0.25) is 9.69 Å². The molecular formula is C23H34N6O. The van der Waals surface area contributed by atoms with Crippen LogP contribution in [0.4, 0.5) is 0 Å². The summed E-state index contributed by atoms with van der Waals surface area (Å²) in [7, 11) is 0. The first kappa shape index (κ1) is 19.0. The summed E-state index contributed by atoms with van der Waals surface area (Å²) < 4.78 is 1.79. The standard InChI is InChI=1S/C23H34N6O/c30-22(23(9-3-1-4-10-23)29-16-24-25-26-29)28-12-6-7-17-13-18-14-19(21(17)28)15-27-11-5-2-8-20(18)27/h13,16,18-21H,1-12,14-15H2/t18-,19-,20+,21-/m0/s1.